The average Bonchev–Trinajstić information content (AvgIpc) is 2.70. The van der Waals surface area contributed by atoms with Crippen molar-refractivity contribution in [2.45, 2.75) is 5.12 Å². The summed E-state index contributed by atoms with van der Waals surface area (Å²) in [5.74, 6) is 0.0556. The Morgan fingerprint density at radius 2 is 1.92 bits per heavy atom. The van der Waals surface area contributed by atoms with Gasteiger partial charge in [0, 0.05) is 0 Å². The van der Waals surface area contributed by atoms with Gasteiger partial charge in [-0.05, 0) is 12.1 Å². The fourth-order valence-corrected chi connectivity index (χ4v) is 1.30. The van der Waals surface area contributed by atoms with E-state index in [0.717, 1.165) is 12.0 Å². The molecular weight excluding hydrogens is 204 g/mol. The molecule has 2 N–H and O–H groups in total. The molecule has 0 radical (unpaired) electrons. The van der Waals surface area contributed by atoms with Gasteiger partial charge in [0.25, 0.3) is 5.12 Å². The molecular formula is C7H8CaO3S. The number of para-hydroxylation sites is 1. The standard InChI is InChI=1S/C7H6O3S.Ca.2H/c8-6-4-2-1-3-5(6)7(9)10-11-7;;;/h1-4,8-9H;;;. The first-order chi connectivity index (χ1) is 5.22. The molecule has 1 aromatic rings. The fourth-order valence-electron chi connectivity index (χ4n) is 0.870. The maximum atomic E-state index is 9.36. The second-order valence-corrected chi connectivity index (χ2v) is 3.15. The van der Waals surface area contributed by atoms with Crippen LogP contribution in [0.2, 0.25) is 0 Å². The fraction of sp³-hybridized carbons (Fsp3) is 0.143. The number of phenolic OH excluding ortho intramolecular Hbond substituents is 1. The molecule has 0 spiro atoms. The molecule has 3 nitrogen and oxygen atoms in total. The molecule has 1 saturated heterocycles. The van der Waals surface area contributed by atoms with Crippen LogP contribution in [-0.2, 0) is 9.30 Å². The predicted molar refractivity (Wildman–Crippen MR) is 49.2 cm³/mol. The van der Waals surface area contributed by atoms with Gasteiger partial charge < -0.3 is 10.2 Å². The van der Waals surface area contributed by atoms with Crippen LogP contribution in [0.4, 0.5) is 0 Å². The minimum atomic E-state index is -1.30. The summed E-state index contributed by atoms with van der Waals surface area (Å²) >= 11 is 0.933. The van der Waals surface area contributed by atoms with Gasteiger partial charge in [-0.3, -0.25) is 4.18 Å². The first-order valence-corrected chi connectivity index (χ1v) is 3.84. The minimum absolute atomic E-state index is 0. The van der Waals surface area contributed by atoms with E-state index in [1.807, 2.05) is 0 Å². The van der Waals surface area contributed by atoms with Gasteiger partial charge in [0.05, 0.1) is 17.6 Å². The van der Waals surface area contributed by atoms with Gasteiger partial charge in [-0.15, -0.1) is 0 Å². The van der Waals surface area contributed by atoms with E-state index >= 15 is 0 Å². The summed E-state index contributed by atoms with van der Waals surface area (Å²) < 4.78 is 4.68. The Morgan fingerprint density at radius 1 is 1.33 bits per heavy atom. The average molecular weight is 212 g/mol. The Hall–Kier alpha value is 0.550. The van der Waals surface area contributed by atoms with Crippen molar-refractivity contribution < 1.29 is 14.4 Å². The van der Waals surface area contributed by atoms with Gasteiger partial charge in [0.1, 0.15) is 5.75 Å². The van der Waals surface area contributed by atoms with Crippen LogP contribution in [0.1, 0.15) is 5.56 Å². The van der Waals surface area contributed by atoms with Gasteiger partial charge in [0.2, 0.25) is 0 Å². The molecule has 0 saturated carbocycles. The molecule has 0 aliphatic carbocycles. The van der Waals surface area contributed by atoms with Crippen molar-refractivity contribution in [2.24, 2.45) is 0 Å². The van der Waals surface area contributed by atoms with Crippen LogP contribution in [-0.4, -0.2) is 48.0 Å². The van der Waals surface area contributed by atoms with E-state index in [9.17, 15) is 10.2 Å². The second-order valence-electron chi connectivity index (χ2n) is 2.27. The third-order valence-corrected chi connectivity index (χ3v) is 2.19. The zero-order valence-corrected chi connectivity index (χ0v) is 6.34. The van der Waals surface area contributed by atoms with Gasteiger partial charge in [0.15, 0.2) is 0 Å². The Morgan fingerprint density at radius 3 is 2.42 bits per heavy atom. The summed E-state index contributed by atoms with van der Waals surface area (Å²) in [6.07, 6.45) is 0. The number of phenols is 1. The Bertz CT molecular complexity index is 288. The topological polar surface area (TPSA) is 53.0 Å². The molecule has 1 fully saturated rings. The molecule has 1 atom stereocenters. The van der Waals surface area contributed by atoms with E-state index in [0.29, 0.717) is 5.56 Å². The van der Waals surface area contributed by atoms with Gasteiger partial charge in [-0.25, -0.2) is 0 Å². The first-order valence-electron chi connectivity index (χ1n) is 3.10. The van der Waals surface area contributed by atoms with E-state index in [1.54, 1.807) is 18.2 Å². The summed E-state index contributed by atoms with van der Waals surface area (Å²) in [6.45, 7) is 0. The zero-order chi connectivity index (χ0) is 7.90. The molecule has 1 aliphatic rings. The first kappa shape index (κ1) is 10.6. The molecule has 1 aromatic carbocycles. The van der Waals surface area contributed by atoms with Gasteiger partial charge >= 0.3 is 37.7 Å². The van der Waals surface area contributed by atoms with Crippen molar-refractivity contribution in [1.29, 1.82) is 0 Å². The quantitative estimate of drug-likeness (QED) is 0.398. The number of benzene rings is 1. The van der Waals surface area contributed by atoms with Crippen LogP contribution in [0.15, 0.2) is 24.3 Å². The molecule has 12 heavy (non-hydrogen) atoms. The van der Waals surface area contributed by atoms with Crippen molar-refractivity contribution in [3.8, 4) is 5.75 Å². The predicted octanol–water partition coefficient (Wildman–Crippen LogP) is 0.257. The van der Waals surface area contributed by atoms with Crippen molar-refractivity contribution in [3.63, 3.8) is 0 Å². The maximum absolute atomic E-state index is 9.36. The summed E-state index contributed by atoms with van der Waals surface area (Å²) in [5.41, 5.74) is 0.407. The summed E-state index contributed by atoms with van der Waals surface area (Å²) in [7, 11) is 0. The second kappa shape index (κ2) is 3.74. The number of aliphatic hydroxyl groups is 1. The molecule has 0 bridgehead atoms. The van der Waals surface area contributed by atoms with Crippen LogP contribution in [0.25, 0.3) is 0 Å². The van der Waals surface area contributed by atoms with E-state index < -0.39 is 5.12 Å². The summed E-state index contributed by atoms with van der Waals surface area (Å²) in [5, 5.41) is 17.3. The van der Waals surface area contributed by atoms with Crippen molar-refractivity contribution >= 4 is 49.8 Å². The number of aromatic hydroxyl groups is 1. The molecule has 1 aliphatic heterocycles. The van der Waals surface area contributed by atoms with E-state index in [4.69, 9.17) is 0 Å². The molecule has 1 unspecified atom stereocenters. The van der Waals surface area contributed by atoms with Gasteiger partial charge in [-0.2, -0.15) is 0 Å². The van der Waals surface area contributed by atoms with Crippen molar-refractivity contribution in [2.75, 3.05) is 0 Å². The molecule has 0 aromatic heterocycles. The van der Waals surface area contributed by atoms with Crippen LogP contribution < -0.4 is 0 Å². The third kappa shape index (κ3) is 1.89. The molecule has 1 heterocycles. The van der Waals surface area contributed by atoms with E-state index in [1.165, 1.54) is 6.07 Å². The summed E-state index contributed by atoms with van der Waals surface area (Å²) in [6, 6.07) is 6.55. The third-order valence-electron chi connectivity index (χ3n) is 1.49. The van der Waals surface area contributed by atoms with Gasteiger partial charge in [-0.1, -0.05) is 12.1 Å². The Balaban J connectivity index is 0.000000720. The normalized spacial score (nSPS) is 26.1. The SMILES string of the molecule is Oc1ccccc1C1(O)OS1.[CaH2]. The van der Waals surface area contributed by atoms with Crippen LogP contribution >= 0.6 is 12.0 Å². The zero-order valence-electron chi connectivity index (χ0n) is 5.52. The Labute approximate surface area is 104 Å². The van der Waals surface area contributed by atoms with Crippen LogP contribution in [0, 0.1) is 0 Å². The van der Waals surface area contributed by atoms with Crippen LogP contribution in [0.3, 0.4) is 0 Å². The monoisotopic (exact) mass is 212 g/mol. The molecule has 62 valence electrons. The van der Waals surface area contributed by atoms with Crippen LogP contribution in [0.5, 0.6) is 5.75 Å². The van der Waals surface area contributed by atoms with E-state index in [2.05, 4.69) is 4.18 Å². The number of hydrogen-bond donors (Lipinski definition) is 2. The molecule has 2 rings (SSSR count). The number of rotatable bonds is 1. The van der Waals surface area contributed by atoms with E-state index in [-0.39, 0.29) is 43.5 Å². The number of hydrogen-bond acceptors (Lipinski definition) is 4. The molecule has 0 amide bonds. The summed E-state index contributed by atoms with van der Waals surface area (Å²) in [4.78, 5) is 0. The molecule has 5 heteroatoms. The van der Waals surface area contributed by atoms with Crippen molar-refractivity contribution in [1.82, 2.24) is 0 Å². The Kier molecular flexibility index (Phi) is 3.31. The van der Waals surface area contributed by atoms with Crippen molar-refractivity contribution in [3.05, 3.63) is 29.8 Å².